The number of pyridine rings is 2. The van der Waals surface area contributed by atoms with E-state index in [0.29, 0.717) is 22.1 Å². The third-order valence-electron chi connectivity index (χ3n) is 8.95. The van der Waals surface area contributed by atoms with Crippen molar-refractivity contribution in [3.05, 3.63) is 127 Å². The van der Waals surface area contributed by atoms with E-state index in [4.69, 9.17) is 9.97 Å². The lowest BCUT2D eigenvalue weighted by atomic mass is 10.0. The van der Waals surface area contributed by atoms with Crippen LogP contribution in [-0.2, 0) is 25.7 Å². The molecule has 0 aliphatic heterocycles. The highest BCUT2D eigenvalue weighted by atomic mass is 32.1. The van der Waals surface area contributed by atoms with Gasteiger partial charge in [0.2, 0.25) is 0 Å². The molecule has 10 aromatic rings. The molecule has 0 saturated carbocycles. The Labute approximate surface area is 266 Å². The zero-order chi connectivity index (χ0) is 29.8. The Morgan fingerprint density at radius 3 is 1.42 bits per heavy atom. The van der Waals surface area contributed by atoms with Crippen molar-refractivity contribution in [1.82, 2.24) is 18.8 Å². The zero-order valence-electron chi connectivity index (χ0n) is 23.7. The minimum Gasteiger partial charge on any atom is -0.268 e. The van der Waals surface area contributed by atoms with Gasteiger partial charge in [-0.05, 0) is 61.1 Å². The minimum atomic E-state index is -0.0892. The summed E-state index contributed by atoms with van der Waals surface area (Å²) in [5, 5.41) is 2.91. The molecule has 7 aromatic heterocycles. The molecular weight excluding hydrogens is 617 g/mol. The van der Waals surface area contributed by atoms with Crippen LogP contribution in [0.5, 0.6) is 0 Å². The molecule has 0 saturated heterocycles. The van der Waals surface area contributed by atoms with E-state index >= 15 is 0 Å². The third kappa shape index (κ3) is 3.66. The summed E-state index contributed by atoms with van der Waals surface area (Å²) in [5.74, 6) is 0. The average Bonchev–Trinajstić information content (AvgIpc) is 3.87. The number of thiophene rings is 3. The van der Waals surface area contributed by atoms with Crippen molar-refractivity contribution in [2.75, 3.05) is 0 Å². The van der Waals surface area contributed by atoms with Crippen molar-refractivity contribution in [3.63, 3.8) is 0 Å². The van der Waals surface area contributed by atoms with Crippen LogP contribution in [0.25, 0.3) is 62.9 Å². The fourth-order valence-corrected chi connectivity index (χ4v) is 10.1. The van der Waals surface area contributed by atoms with Crippen molar-refractivity contribution in [3.8, 4) is 0 Å². The van der Waals surface area contributed by atoms with Gasteiger partial charge in [-0.2, -0.15) is 0 Å². The summed E-state index contributed by atoms with van der Waals surface area (Å²) < 4.78 is 5.42. The van der Waals surface area contributed by atoms with Crippen LogP contribution in [0, 0.1) is 0 Å². The van der Waals surface area contributed by atoms with Crippen molar-refractivity contribution < 1.29 is 0 Å². The molecule has 0 amide bonds. The van der Waals surface area contributed by atoms with E-state index in [1.165, 1.54) is 20.9 Å². The van der Waals surface area contributed by atoms with E-state index in [1.807, 2.05) is 24.3 Å². The van der Waals surface area contributed by atoms with Crippen LogP contribution in [0.4, 0.5) is 0 Å². The standard InChI is InChI=1S/C36H22N4O2S3/c41-35-23-15-16-24-28-27(23)29(31-37-33-25(39(31)35)17-21(43-33)13-11-19-7-3-1-4-8-19)45-30(28)32-38-34-26(40(32)36(24)42)18-22(44-34)14-12-20-9-5-2-6-10-20/h1-10,15-18H,11-14H2. The molecule has 3 aromatic carbocycles. The van der Waals surface area contributed by atoms with Crippen LogP contribution in [0.3, 0.4) is 0 Å². The predicted octanol–water partition coefficient (Wildman–Crippen LogP) is 8.10. The third-order valence-corrected chi connectivity index (χ3v) is 12.3. The van der Waals surface area contributed by atoms with E-state index < -0.39 is 0 Å². The van der Waals surface area contributed by atoms with Crippen molar-refractivity contribution in [2.45, 2.75) is 25.7 Å². The average molecular weight is 639 g/mol. The first kappa shape index (κ1) is 25.6. The quantitative estimate of drug-likeness (QED) is 0.173. The number of aromatic nitrogens is 4. The minimum absolute atomic E-state index is 0.0892. The Kier molecular flexibility index (Phi) is 5.35. The first-order chi connectivity index (χ1) is 22.1. The monoisotopic (exact) mass is 638 g/mol. The lowest BCUT2D eigenvalue weighted by molar-refractivity contribution is 0.981. The number of hydrogen-bond donors (Lipinski definition) is 0. The fourth-order valence-electron chi connectivity index (χ4n) is 6.82. The molecule has 0 aliphatic carbocycles. The molecular formula is C36H22N4O2S3. The molecule has 0 radical (unpaired) electrons. The van der Waals surface area contributed by atoms with Gasteiger partial charge in [0.25, 0.3) is 11.1 Å². The Balaban J connectivity index is 1.14. The van der Waals surface area contributed by atoms with Crippen LogP contribution >= 0.6 is 34.0 Å². The summed E-state index contributed by atoms with van der Waals surface area (Å²) in [5.41, 5.74) is 5.46. The van der Waals surface area contributed by atoms with Crippen molar-refractivity contribution in [2.24, 2.45) is 0 Å². The second-order valence-electron chi connectivity index (χ2n) is 11.6. The van der Waals surface area contributed by atoms with Gasteiger partial charge in [-0.3, -0.25) is 18.4 Å². The number of fused-ring (bicyclic) bond motifs is 8. The molecule has 6 nitrogen and oxygen atoms in total. The summed E-state index contributed by atoms with van der Waals surface area (Å²) in [6.45, 7) is 0. The highest BCUT2D eigenvalue weighted by Gasteiger charge is 2.26. The van der Waals surface area contributed by atoms with Gasteiger partial charge in [0.15, 0.2) is 11.3 Å². The lowest BCUT2D eigenvalue weighted by Crippen LogP contribution is -2.15. The second-order valence-corrected chi connectivity index (χ2v) is 14.9. The van der Waals surface area contributed by atoms with Gasteiger partial charge in [0, 0.05) is 31.3 Å². The predicted molar refractivity (Wildman–Crippen MR) is 188 cm³/mol. The highest BCUT2D eigenvalue weighted by molar-refractivity contribution is 7.27. The van der Waals surface area contributed by atoms with Crippen LogP contribution in [0.1, 0.15) is 20.9 Å². The van der Waals surface area contributed by atoms with Crippen LogP contribution in [-0.4, -0.2) is 18.8 Å². The maximum atomic E-state index is 14.0. The molecule has 0 atom stereocenters. The molecule has 0 spiro atoms. The summed E-state index contributed by atoms with van der Waals surface area (Å²) in [4.78, 5) is 42.3. The summed E-state index contributed by atoms with van der Waals surface area (Å²) >= 11 is 4.90. The largest absolute Gasteiger partial charge is 0.268 e. The second kappa shape index (κ2) is 9.40. The van der Waals surface area contributed by atoms with Crippen molar-refractivity contribution >= 4 is 96.9 Å². The first-order valence-corrected chi connectivity index (χ1v) is 17.4. The Hall–Kier alpha value is -4.70. The first-order valence-electron chi connectivity index (χ1n) is 14.9. The van der Waals surface area contributed by atoms with Crippen molar-refractivity contribution in [1.29, 1.82) is 0 Å². The molecule has 216 valence electrons. The normalized spacial score (nSPS) is 12.5. The molecule has 0 fully saturated rings. The Morgan fingerprint density at radius 2 is 0.978 bits per heavy atom. The smallest absolute Gasteiger partial charge is 0.264 e. The molecule has 7 heterocycles. The molecule has 0 unspecified atom stereocenters. The number of hydrogen-bond acceptors (Lipinski definition) is 7. The number of nitrogens with zero attached hydrogens (tertiary/aromatic N) is 4. The van der Waals surface area contributed by atoms with Gasteiger partial charge >= 0.3 is 0 Å². The van der Waals surface area contributed by atoms with Crippen LogP contribution in [0.2, 0.25) is 0 Å². The Morgan fingerprint density at radius 1 is 0.533 bits per heavy atom. The van der Waals surface area contributed by atoms with Gasteiger partial charge < -0.3 is 0 Å². The molecule has 0 N–H and O–H groups in total. The van der Waals surface area contributed by atoms with E-state index in [-0.39, 0.29) is 11.1 Å². The summed E-state index contributed by atoms with van der Waals surface area (Å²) in [7, 11) is 0. The molecule has 10 rings (SSSR count). The molecule has 0 bridgehead atoms. The molecule has 0 aliphatic rings. The number of aryl methyl sites for hydroxylation is 4. The fraction of sp³-hybridized carbons (Fsp3) is 0.111. The van der Waals surface area contributed by atoms with Crippen LogP contribution < -0.4 is 11.1 Å². The molecule has 9 heteroatoms. The van der Waals surface area contributed by atoms with Gasteiger partial charge in [-0.15, -0.1) is 34.0 Å². The van der Waals surface area contributed by atoms with Gasteiger partial charge in [-0.25, -0.2) is 9.97 Å². The molecule has 45 heavy (non-hydrogen) atoms. The number of rotatable bonds is 6. The van der Waals surface area contributed by atoms with E-state index in [2.05, 4.69) is 60.7 Å². The zero-order valence-corrected chi connectivity index (χ0v) is 26.2. The SMILES string of the molecule is O=c1c2ccc3c(=O)n4c5cc(CCc6ccccc6)sc5nc4c4sc(c2c34)c2nc3sc(CCc4ccccc4)cc3n12. The Bertz CT molecular complexity index is 2670. The topological polar surface area (TPSA) is 68.7 Å². The van der Waals surface area contributed by atoms with E-state index in [0.717, 1.165) is 66.5 Å². The number of benzene rings is 3. The van der Waals surface area contributed by atoms with Crippen LogP contribution in [0.15, 0.2) is 94.5 Å². The maximum Gasteiger partial charge on any atom is 0.264 e. The van der Waals surface area contributed by atoms with Gasteiger partial charge in [0.05, 0.1) is 20.4 Å². The number of imidazole rings is 2. The summed E-state index contributed by atoms with van der Waals surface area (Å²) in [6, 6.07) is 28.8. The lowest BCUT2D eigenvalue weighted by Gasteiger charge is -2.04. The van der Waals surface area contributed by atoms with Gasteiger partial charge in [0.1, 0.15) is 9.66 Å². The van der Waals surface area contributed by atoms with E-state index in [9.17, 15) is 9.59 Å². The summed E-state index contributed by atoms with van der Waals surface area (Å²) in [6.07, 6.45) is 3.69. The van der Waals surface area contributed by atoms with E-state index in [1.54, 1.807) is 42.8 Å². The highest BCUT2D eigenvalue weighted by Crippen LogP contribution is 2.44. The van der Waals surface area contributed by atoms with Gasteiger partial charge in [-0.1, -0.05) is 60.7 Å². The maximum absolute atomic E-state index is 14.0.